The molecule has 7 heteroatoms. The Kier molecular flexibility index (Phi) is 4.20. The molecule has 0 radical (unpaired) electrons. The van der Waals surface area contributed by atoms with Crippen LogP contribution in [0.4, 0.5) is 0 Å². The standard InChI is InChI=1S/C16H17N5O2/c1-22-12-7-6-10(9-13(12)23-2)14(17)16-19-15(20-21-16)11-5-3-4-8-18-11/h3-9,14H,17H2,1-2H3,(H,19,20,21)/t14-/m0/s1. The minimum Gasteiger partial charge on any atom is -0.493 e. The van der Waals surface area contributed by atoms with Crippen molar-refractivity contribution < 1.29 is 9.47 Å². The molecular formula is C16H17N5O2. The first-order valence-corrected chi connectivity index (χ1v) is 7.04. The molecule has 118 valence electrons. The number of aromatic nitrogens is 4. The molecule has 0 saturated heterocycles. The predicted octanol–water partition coefficient (Wildman–Crippen LogP) is 1.93. The van der Waals surface area contributed by atoms with Gasteiger partial charge in [0.1, 0.15) is 11.5 Å². The third-order valence-electron chi connectivity index (χ3n) is 3.46. The highest BCUT2D eigenvalue weighted by Crippen LogP contribution is 2.30. The second-order valence-electron chi connectivity index (χ2n) is 4.85. The minimum absolute atomic E-state index is 0.459. The summed E-state index contributed by atoms with van der Waals surface area (Å²) in [6, 6.07) is 10.6. The summed E-state index contributed by atoms with van der Waals surface area (Å²) in [5, 5.41) is 7.05. The molecule has 0 bridgehead atoms. The van der Waals surface area contributed by atoms with Gasteiger partial charge in [0.2, 0.25) is 0 Å². The van der Waals surface area contributed by atoms with Gasteiger partial charge in [-0.1, -0.05) is 12.1 Å². The van der Waals surface area contributed by atoms with Gasteiger partial charge >= 0.3 is 0 Å². The van der Waals surface area contributed by atoms with Crippen molar-refractivity contribution in [2.75, 3.05) is 14.2 Å². The fraction of sp³-hybridized carbons (Fsp3) is 0.188. The van der Waals surface area contributed by atoms with Gasteiger partial charge in [-0.2, -0.15) is 5.10 Å². The van der Waals surface area contributed by atoms with Gasteiger partial charge in [-0.3, -0.25) is 10.1 Å². The summed E-state index contributed by atoms with van der Waals surface area (Å²) in [6.45, 7) is 0. The Morgan fingerprint density at radius 2 is 1.91 bits per heavy atom. The third kappa shape index (κ3) is 3.00. The van der Waals surface area contributed by atoms with E-state index in [1.54, 1.807) is 20.4 Å². The van der Waals surface area contributed by atoms with Crippen LogP contribution >= 0.6 is 0 Å². The lowest BCUT2D eigenvalue weighted by Gasteiger charge is -2.12. The molecule has 0 aliphatic rings. The number of hydrogen-bond acceptors (Lipinski definition) is 6. The van der Waals surface area contributed by atoms with Crippen LogP contribution in [-0.4, -0.2) is 34.4 Å². The van der Waals surface area contributed by atoms with Crippen molar-refractivity contribution in [3.63, 3.8) is 0 Å². The highest BCUT2D eigenvalue weighted by Gasteiger charge is 2.17. The van der Waals surface area contributed by atoms with Crippen LogP contribution in [0.1, 0.15) is 17.4 Å². The maximum atomic E-state index is 6.27. The zero-order valence-corrected chi connectivity index (χ0v) is 12.9. The number of pyridine rings is 1. The van der Waals surface area contributed by atoms with Crippen molar-refractivity contribution in [3.8, 4) is 23.0 Å². The molecule has 0 aliphatic heterocycles. The van der Waals surface area contributed by atoms with Gasteiger partial charge in [0.25, 0.3) is 0 Å². The van der Waals surface area contributed by atoms with Crippen molar-refractivity contribution in [1.29, 1.82) is 0 Å². The second-order valence-corrected chi connectivity index (χ2v) is 4.85. The van der Waals surface area contributed by atoms with Crippen molar-refractivity contribution in [2.45, 2.75) is 6.04 Å². The average molecular weight is 311 g/mol. The third-order valence-corrected chi connectivity index (χ3v) is 3.46. The molecule has 0 saturated carbocycles. The topological polar surface area (TPSA) is 98.9 Å². The molecule has 0 fully saturated rings. The molecular weight excluding hydrogens is 294 g/mol. The molecule has 3 rings (SSSR count). The zero-order chi connectivity index (χ0) is 16.2. The molecule has 2 aromatic heterocycles. The smallest absolute Gasteiger partial charge is 0.199 e. The molecule has 3 N–H and O–H groups in total. The largest absolute Gasteiger partial charge is 0.493 e. The first kappa shape index (κ1) is 15.0. The number of nitrogens with zero attached hydrogens (tertiary/aromatic N) is 3. The minimum atomic E-state index is -0.459. The summed E-state index contributed by atoms with van der Waals surface area (Å²) in [5.41, 5.74) is 7.80. The van der Waals surface area contributed by atoms with Gasteiger partial charge in [0.15, 0.2) is 17.3 Å². The van der Waals surface area contributed by atoms with Crippen molar-refractivity contribution >= 4 is 0 Å². The van der Waals surface area contributed by atoms with Gasteiger partial charge in [-0.15, -0.1) is 0 Å². The van der Waals surface area contributed by atoms with Crippen LogP contribution in [0.2, 0.25) is 0 Å². The maximum Gasteiger partial charge on any atom is 0.199 e. The predicted molar refractivity (Wildman–Crippen MR) is 85.2 cm³/mol. The van der Waals surface area contributed by atoms with Crippen LogP contribution in [0.3, 0.4) is 0 Å². The lowest BCUT2D eigenvalue weighted by atomic mass is 10.1. The molecule has 3 aromatic rings. The van der Waals surface area contributed by atoms with Crippen molar-refractivity contribution in [1.82, 2.24) is 20.2 Å². The number of benzene rings is 1. The van der Waals surface area contributed by atoms with Gasteiger partial charge in [0.05, 0.1) is 20.3 Å². The van der Waals surface area contributed by atoms with Gasteiger partial charge in [-0.05, 0) is 29.8 Å². The number of rotatable bonds is 5. The van der Waals surface area contributed by atoms with Crippen LogP contribution in [0.5, 0.6) is 11.5 Å². The Morgan fingerprint density at radius 1 is 1.09 bits per heavy atom. The Labute approximate surface area is 133 Å². The van der Waals surface area contributed by atoms with Crippen LogP contribution in [0, 0.1) is 0 Å². The number of hydrogen-bond donors (Lipinski definition) is 2. The van der Waals surface area contributed by atoms with E-state index in [-0.39, 0.29) is 0 Å². The summed E-state index contributed by atoms with van der Waals surface area (Å²) in [5.74, 6) is 2.33. The van der Waals surface area contributed by atoms with E-state index in [0.717, 1.165) is 5.56 Å². The number of nitrogens with one attached hydrogen (secondary N) is 1. The molecule has 0 amide bonds. The molecule has 0 unspecified atom stereocenters. The zero-order valence-electron chi connectivity index (χ0n) is 12.9. The summed E-state index contributed by atoms with van der Waals surface area (Å²) < 4.78 is 10.5. The highest BCUT2D eigenvalue weighted by molar-refractivity contribution is 5.49. The van der Waals surface area contributed by atoms with E-state index < -0.39 is 6.04 Å². The number of H-pyrrole nitrogens is 1. The summed E-state index contributed by atoms with van der Waals surface area (Å²) >= 11 is 0. The molecule has 2 heterocycles. The number of aromatic amines is 1. The van der Waals surface area contributed by atoms with Crippen LogP contribution < -0.4 is 15.2 Å². The summed E-state index contributed by atoms with van der Waals surface area (Å²) in [7, 11) is 3.17. The molecule has 0 aliphatic carbocycles. The van der Waals surface area contributed by atoms with Crippen molar-refractivity contribution in [3.05, 3.63) is 54.0 Å². The fourth-order valence-corrected chi connectivity index (χ4v) is 2.23. The Hall–Kier alpha value is -2.93. The molecule has 23 heavy (non-hydrogen) atoms. The van der Waals surface area contributed by atoms with Gasteiger partial charge < -0.3 is 15.2 Å². The van der Waals surface area contributed by atoms with Crippen molar-refractivity contribution in [2.24, 2.45) is 5.73 Å². The van der Waals surface area contributed by atoms with Crippen LogP contribution in [-0.2, 0) is 0 Å². The van der Waals surface area contributed by atoms with E-state index in [9.17, 15) is 0 Å². The van der Waals surface area contributed by atoms with E-state index in [1.807, 2.05) is 36.4 Å². The number of ether oxygens (including phenoxy) is 2. The highest BCUT2D eigenvalue weighted by atomic mass is 16.5. The second kappa shape index (κ2) is 6.45. The molecule has 1 aromatic carbocycles. The normalized spacial score (nSPS) is 12.0. The monoisotopic (exact) mass is 311 g/mol. The van der Waals surface area contributed by atoms with Crippen LogP contribution in [0.15, 0.2) is 42.6 Å². The van der Waals surface area contributed by atoms with E-state index in [4.69, 9.17) is 15.2 Å². The Balaban J connectivity index is 1.89. The quantitative estimate of drug-likeness (QED) is 0.747. The van der Waals surface area contributed by atoms with Gasteiger partial charge in [-0.25, -0.2) is 4.98 Å². The number of methoxy groups -OCH3 is 2. The van der Waals surface area contributed by atoms with E-state index in [1.165, 1.54) is 0 Å². The fourth-order valence-electron chi connectivity index (χ4n) is 2.23. The first-order chi connectivity index (χ1) is 11.2. The Bertz CT molecular complexity index is 788. The SMILES string of the molecule is COc1ccc([C@H](N)c2nc(-c3ccccn3)n[nH]2)cc1OC. The summed E-state index contributed by atoms with van der Waals surface area (Å²) in [6.07, 6.45) is 1.69. The van der Waals surface area contributed by atoms with Crippen LogP contribution in [0.25, 0.3) is 11.5 Å². The summed E-state index contributed by atoms with van der Waals surface area (Å²) in [4.78, 5) is 8.65. The lowest BCUT2D eigenvalue weighted by Crippen LogP contribution is -2.14. The maximum absolute atomic E-state index is 6.27. The number of nitrogens with two attached hydrogens (primary N) is 1. The van der Waals surface area contributed by atoms with E-state index >= 15 is 0 Å². The average Bonchev–Trinajstić information content (AvgIpc) is 3.11. The first-order valence-electron chi connectivity index (χ1n) is 7.04. The molecule has 1 atom stereocenters. The van der Waals surface area contributed by atoms with E-state index in [0.29, 0.717) is 28.8 Å². The molecule has 0 spiro atoms. The Morgan fingerprint density at radius 3 is 2.61 bits per heavy atom. The van der Waals surface area contributed by atoms with Gasteiger partial charge in [0, 0.05) is 6.20 Å². The molecule has 7 nitrogen and oxygen atoms in total. The lowest BCUT2D eigenvalue weighted by molar-refractivity contribution is 0.354. The van der Waals surface area contributed by atoms with E-state index in [2.05, 4.69) is 20.2 Å².